The third kappa shape index (κ3) is 2.59. The minimum atomic E-state index is -0.218. The minimum absolute atomic E-state index is 0.0342. The zero-order valence-corrected chi connectivity index (χ0v) is 12.4. The SMILES string of the molecule is CCOC1CC(O)C12CCN(Cc1ccc(C#N)o1)CC2. The quantitative estimate of drug-likeness (QED) is 0.917. The second kappa shape index (κ2) is 5.80. The van der Waals surface area contributed by atoms with Gasteiger partial charge in [-0.15, -0.1) is 0 Å². The highest BCUT2D eigenvalue weighted by Gasteiger charge is 2.55. The number of piperidine rings is 1. The predicted molar refractivity (Wildman–Crippen MR) is 76.4 cm³/mol. The maximum atomic E-state index is 10.2. The van der Waals surface area contributed by atoms with Crippen molar-refractivity contribution in [3.63, 3.8) is 0 Å². The Morgan fingerprint density at radius 1 is 1.48 bits per heavy atom. The highest BCUT2D eigenvalue weighted by Crippen LogP contribution is 2.51. The van der Waals surface area contributed by atoms with Gasteiger partial charge in [0.25, 0.3) is 0 Å². The summed E-state index contributed by atoms with van der Waals surface area (Å²) in [6.07, 6.45) is 2.70. The number of nitrogens with zero attached hydrogens (tertiary/aromatic N) is 2. The number of aliphatic hydroxyl groups is 1. The van der Waals surface area contributed by atoms with E-state index in [-0.39, 0.29) is 17.6 Å². The maximum Gasteiger partial charge on any atom is 0.203 e. The minimum Gasteiger partial charge on any atom is -0.449 e. The standard InChI is InChI=1S/C16H22N2O3/c1-2-20-15-9-14(19)16(15)5-7-18(8-6-16)11-13-4-3-12(10-17)21-13/h3-4,14-15,19H,2,5-9,11H2,1H3. The van der Waals surface area contributed by atoms with Crippen LogP contribution >= 0.6 is 0 Å². The van der Waals surface area contributed by atoms with Crippen LogP contribution in [-0.2, 0) is 11.3 Å². The molecule has 1 saturated carbocycles. The van der Waals surface area contributed by atoms with Crippen molar-refractivity contribution in [3.8, 4) is 6.07 Å². The van der Waals surface area contributed by atoms with Crippen molar-refractivity contribution in [2.45, 2.75) is 44.9 Å². The van der Waals surface area contributed by atoms with E-state index in [1.165, 1.54) is 0 Å². The van der Waals surface area contributed by atoms with Gasteiger partial charge in [0.15, 0.2) is 0 Å². The Kier molecular flexibility index (Phi) is 4.03. The zero-order chi connectivity index (χ0) is 14.9. The molecule has 21 heavy (non-hydrogen) atoms. The van der Waals surface area contributed by atoms with E-state index >= 15 is 0 Å². The number of aliphatic hydroxyl groups excluding tert-OH is 1. The molecule has 1 aliphatic carbocycles. The number of likely N-dealkylation sites (tertiary alicyclic amines) is 1. The van der Waals surface area contributed by atoms with Gasteiger partial charge in [-0.2, -0.15) is 5.26 Å². The Morgan fingerprint density at radius 2 is 2.24 bits per heavy atom. The first-order valence-corrected chi connectivity index (χ1v) is 7.69. The molecule has 2 heterocycles. The summed E-state index contributed by atoms with van der Waals surface area (Å²) in [7, 11) is 0. The second-order valence-corrected chi connectivity index (χ2v) is 6.08. The van der Waals surface area contributed by atoms with E-state index in [1.54, 1.807) is 6.07 Å². The third-order valence-corrected chi connectivity index (χ3v) is 5.05. The van der Waals surface area contributed by atoms with Crippen LogP contribution in [0.5, 0.6) is 0 Å². The fraction of sp³-hybridized carbons (Fsp3) is 0.688. The van der Waals surface area contributed by atoms with E-state index in [2.05, 4.69) is 4.90 Å². The molecule has 2 fully saturated rings. The molecular weight excluding hydrogens is 268 g/mol. The molecule has 2 atom stereocenters. The fourth-order valence-corrected chi connectivity index (χ4v) is 3.69. The monoisotopic (exact) mass is 290 g/mol. The van der Waals surface area contributed by atoms with Crippen LogP contribution in [-0.4, -0.2) is 41.9 Å². The Bertz CT molecular complexity index is 524. The zero-order valence-electron chi connectivity index (χ0n) is 12.4. The first-order valence-electron chi connectivity index (χ1n) is 7.69. The van der Waals surface area contributed by atoms with E-state index in [0.29, 0.717) is 12.4 Å². The van der Waals surface area contributed by atoms with E-state index in [0.717, 1.165) is 44.7 Å². The smallest absolute Gasteiger partial charge is 0.203 e. The summed E-state index contributed by atoms with van der Waals surface area (Å²) < 4.78 is 11.2. The van der Waals surface area contributed by atoms with Gasteiger partial charge in [-0.25, -0.2) is 0 Å². The average molecular weight is 290 g/mol. The lowest BCUT2D eigenvalue weighted by molar-refractivity contribution is -0.210. The fourth-order valence-electron chi connectivity index (χ4n) is 3.69. The summed E-state index contributed by atoms with van der Waals surface area (Å²) >= 11 is 0. The van der Waals surface area contributed by atoms with Crippen LogP contribution in [0.3, 0.4) is 0 Å². The molecule has 2 unspecified atom stereocenters. The van der Waals surface area contributed by atoms with E-state index in [9.17, 15) is 5.11 Å². The molecular formula is C16H22N2O3. The number of rotatable bonds is 4. The van der Waals surface area contributed by atoms with Crippen LogP contribution in [0.2, 0.25) is 0 Å². The van der Waals surface area contributed by atoms with Crippen molar-refractivity contribution < 1.29 is 14.3 Å². The topological polar surface area (TPSA) is 69.6 Å². The summed E-state index contributed by atoms with van der Waals surface area (Å²) in [5.41, 5.74) is -0.0342. The first kappa shape index (κ1) is 14.6. The molecule has 1 saturated heterocycles. The Balaban J connectivity index is 1.56. The van der Waals surface area contributed by atoms with Crippen LogP contribution in [0.4, 0.5) is 0 Å². The summed E-state index contributed by atoms with van der Waals surface area (Å²) in [6, 6.07) is 5.58. The molecule has 0 aromatic carbocycles. The number of hydrogen-bond acceptors (Lipinski definition) is 5. The number of nitriles is 1. The van der Waals surface area contributed by atoms with Gasteiger partial charge in [-0.1, -0.05) is 0 Å². The number of ether oxygens (including phenoxy) is 1. The van der Waals surface area contributed by atoms with Crippen LogP contribution < -0.4 is 0 Å². The van der Waals surface area contributed by atoms with E-state index in [4.69, 9.17) is 14.4 Å². The first-order chi connectivity index (χ1) is 10.2. The van der Waals surface area contributed by atoms with Crippen LogP contribution in [0.1, 0.15) is 37.7 Å². The predicted octanol–water partition coefficient (Wildman–Crippen LogP) is 1.90. The summed E-state index contributed by atoms with van der Waals surface area (Å²) in [5.74, 6) is 1.20. The molecule has 0 amide bonds. The Hall–Kier alpha value is -1.35. The number of hydrogen-bond donors (Lipinski definition) is 1. The number of furan rings is 1. The van der Waals surface area contributed by atoms with E-state index in [1.807, 2.05) is 19.1 Å². The largest absolute Gasteiger partial charge is 0.449 e. The van der Waals surface area contributed by atoms with Crippen LogP contribution in [0, 0.1) is 16.7 Å². The van der Waals surface area contributed by atoms with Crippen molar-refractivity contribution in [2.24, 2.45) is 5.41 Å². The van der Waals surface area contributed by atoms with Gasteiger partial charge < -0.3 is 14.3 Å². The maximum absolute atomic E-state index is 10.2. The van der Waals surface area contributed by atoms with Gasteiger partial charge in [0.2, 0.25) is 5.76 Å². The Labute approximate surface area is 125 Å². The van der Waals surface area contributed by atoms with Crippen molar-refractivity contribution >= 4 is 0 Å². The van der Waals surface area contributed by atoms with Gasteiger partial charge in [0.05, 0.1) is 18.8 Å². The van der Waals surface area contributed by atoms with Gasteiger partial charge in [-0.05, 0) is 45.0 Å². The molecule has 1 aromatic rings. The molecule has 0 radical (unpaired) electrons. The molecule has 2 aliphatic rings. The van der Waals surface area contributed by atoms with Gasteiger partial charge in [0, 0.05) is 18.4 Å². The molecule has 1 N–H and O–H groups in total. The summed E-state index contributed by atoms with van der Waals surface area (Å²) in [4.78, 5) is 2.32. The molecule has 114 valence electrons. The molecule has 1 spiro atoms. The van der Waals surface area contributed by atoms with Gasteiger partial charge in [-0.3, -0.25) is 4.90 Å². The third-order valence-electron chi connectivity index (χ3n) is 5.05. The van der Waals surface area contributed by atoms with Gasteiger partial charge in [0.1, 0.15) is 11.8 Å². The normalized spacial score (nSPS) is 28.2. The lowest BCUT2D eigenvalue weighted by Crippen LogP contribution is -2.62. The molecule has 5 heteroatoms. The summed E-state index contributed by atoms with van der Waals surface area (Å²) in [6.45, 7) is 5.32. The lowest BCUT2D eigenvalue weighted by atomic mass is 9.58. The van der Waals surface area contributed by atoms with Crippen molar-refractivity contribution in [1.29, 1.82) is 5.26 Å². The molecule has 5 nitrogen and oxygen atoms in total. The van der Waals surface area contributed by atoms with Crippen LogP contribution in [0.25, 0.3) is 0 Å². The van der Waals surface area contributed by atoms with Crippen molar-refractivity contribution in [1.82, 2.24) is 4.90 Å². The van der Waals surface area contributed by atoms with Crippen LogP contribution in [0.15, 0.2) is 16.5 Å². The lowest BCUT2D eigenvalue weighted by Gasteiger charge is -2.56. The highest BCUT2D eigenvalue weighted by atomic mass is 16.5. The molecule has 3 rings (SSSR count). The molecule has 1 aromatic heterocycles. The average Bonchev–Trinajstić information content (AvgIpc) is 2.95. The molecule has 1 aliphatic heterocycles. The Morgan fingerprint density at radius 3 is 2.81 bits per heavy atom. The highest BCUT2D eigenvalue weighted by molar-refractivity contribution is 5.19. The molecule has 0 bridgehead atoms. The van der Waals surface area contributed by atoms with Crippen molar-refractivity contribution in [2.75, 3.05) is 19.7 Å². The summed E-state index contributed by atoms with van der Waals surface area (Å²) in [5, 5.41) is 19.0. The van der Waals surface area contributed by atoms with Crippen molar-refractivity contribution in [3.05, 3.63) is 23.7 Å². The van der Waals surface area contributed by atoms with Gasteiger partial charge >= 0.3 is 0 Å². The van der Waals surface area contributed by atoms with E-state index < -0.39 is 0 Å². The second-order valence-electron chi connectivity index (χ2n) is 6.08.